The van der Waals surface area contributed by atoms with Crippen molar-refractivity contribution in [2.24, 2.45) is 5.92 Å². The van der Waals surface area contributed by atoms with Gasteiger partial charge in [0.2, 0.25) is 14.3 Å². The number of ether oxygens (including phenoxy) is 1. The topological polar surface area (TPSA) is 105 Å². The number of rotatable bonds is 12. The summed E-state index contributed by atoms with van der Waals surface area (Å²) in [7, 11) is -3.14. The molecule has 224 valence electrons. The third kappa shape index (κ3) is 8.27. The highest BCUT2D eigenvalue weighted by molar-refractivity contribution is 6.72. The minimum atomic E-state index is -3.14. The molecule has 4 N–H and O–H groups in total. The number of amides is 2. The lowest BCUT2D eigenvalue weighted by molar-refractivity contribution is -0.135. The molecule has 3 aromatic rings. The number of carbonyl (C=O) groups excluding carboxylic acids is 2. The van der Waals surface area contributed by atoms with E-state index in [2.05, 4.69) is 5.32 Å². The molecular formula is C33H42FN3O4Si. The van der Waals surface area contributed by atoms with Gasteiger partial charge in [-0.3, -0.25) is 9.59 Å². The molecule has 0 aliphatic carbocycles. The SMILES string of the molecule is C[C@H]1[C@H]([Si](C)(C)F)[C@@H](CC(=O)N(CCO)Cc2ccccc2)O[C@H]1CCc1ccc(NC(=O)c2ccc(N)cc2)cc1. The lowest BCUT2D eigenvalue weighted by Gasteiger charge is -2.30. The summed E-state index contributed by atoms with van der Waals surface area (Å²) >= 11 is 0. The fourth-order valence-corrected chi connectivity index (χ4v) is 8.54. The quantitative estimate of drug-likeness (QED) is 0.140. The Bertz CT molecular complexity index is 1320. The van der Waals surface area contributed by atoms with Gasteiger partial charge in [-0.1, -0.05) is 49.4 Å². The Kier molecular flexibility index (Phi) is 10.5. The van der Waals surface area contributed by atoms with Gasteiger partial charge >= 0.3 is 0 Å². The van der Waals surface area contributed by atoms with Gasteiger partial charge in [0.15, 0.2) is 0 Å². The number of nitrogens with two attached hydrogens (primary N) is 1. The average molecular weight is 592 g/mol. The Labute approximate surface area is 249 Å². The first-order chi connectivity index (χ1) is 20.0. The Morgan fingerprint density at radius 2 is 1.64 bits per heavy atom. The monoisotopic (exact) mass is 591 g/mol. The number of anilines is 2. The highest BCUT2D eigenvalue weighted by atomic mass is 28.4. The van der Waals surface area contributed by atoms with Crippen molar-refractivity contribution in [2.45, 2.75) is 63.6 Å². The molecule has 3 aromatic carbocycles. The van der Waals surface area contributed by atoms with E-state index in [0.717, 1.165) is 17.5 Å². The van der Waals surface area contributed by atoms with Gasteiger partial charge in [0.1, 0.15) is 0 Å². The Morgan fingerprint density at radius 1 is 0.976 bits per heavy atom. The molecule has 0 aromatic heterocycles. The van der Waals surface area contributed by atoms with E-state index in [1.165, 1.54) is 0 Å². The number of aryl methyl sites for hydroxylation is 1. The number of hydrogen-bond acceptors (Lipinski definition) is 5. The van der Waals surface area contributed by atoms with Crippen LogP contribution < -0.4 is 11.1 Å². The van der Waals surface area contributed by atoms with Crippen LogP contribution in [-0.2, 0) is 22.5 Å². The summed E-state index contributed by atoms with van der Waals surface area (Å²) in [5, 5.41) is 12.5. The fourth-order valence-electron chi connectivity index (χ4n) is 6.00. The van der Waals surface area contributed by atoms with Crippen molar-refractivity contribution in [3.63, 3.8) is 0 Å². The first kappa shape index (κ1) is 31.4. The largest absolute Gasteiger partial charge is 0.399 e. The molecule has 1 saturated heterocycles. The second kappa shape index (κ2) is 14.1. The van der Waals surface area contributed by atoms with Crippen LogP contribution in [0.25, 0.3) is 0 Å². The second-order valence-corrected chi connectivity index (χ2v) is 15.5. The van der Waals surface area contributed by atoms with Crippen LogP contribution >= 0.6 is 0 Å². The minimum Gasteiger partial charge on any atom is -0.399 e. The van der Waals surface area contributed by atoms with E-state index in [1.54, 1.807) is 42.3 Å². The number of aliphatic hydroxyl groups is 1. The zero-order valence-electron chi connectivity index (χ0n) is 24.6. The smallest absolute Gasteiger partial charge is 0.255 e. The van der Waals surface area contributed by atoms with Crippen molar-refractivity contribution in [1.29, 1.82) is 0 Å². The maximum absolute atomic E-state index is 15.6. The number of nitrogens with one attached hydrogen (secondary N) is 1. The summed E-state index contributed by atoms with van der Waals surface area (Å²) in [6, 6.07) is 24.1. The van der Waals surface area contributed by atoms with Gasteiger partial charge < -0.3 is 29.9 Å². The minimum absolute atomic E-state index is 0.0200. The third-order valence-corrected chi connectivity index (χ3v) is 10.6. The van der Waals surface area contributed by atoms with Crippen LogP contribution in [-0.4, -0.2) is 55.6 Å². The molecule has 0 unspecified atom stereocenters. The Hall–Kier alpha value is -3.53. The second-order valence-electron chi connectivity index (χ2n) is 11.7. The molecule has 1 heterocycles. The molecule has 0 spiro atoms. The van der Waals surface area contributed by atoms with Gasteiger partial charge in [0.25, 0.3) is 5.91 Å². The van der Waals surface area contributed by atoms with E-state index >= 15 is 4.11 Å². The maximum atomic E-state index is 15.6. The fraction of sp³-hybridized carbons (Fsp3) is 0.394. The van der Waals surface area contributed by atoms with Gasteiger partial charge in [0, 0.05) is 35.6 Å². The van der Waals surface area contributed by atoms with Crippen LogP contribution in [0.1, 0.15) is 41.3 Å². The van der Waals surface area contributed by atoms with Gasteiger partial charge in [0.05, 0.1) is 25.2 Å². The zero-order valence-corrected chi connectivity index (χ0v) is 25.6. The van der Waals surface area contributed by atoms with Crippen molar-refractivity contribution in [3.05, 3.63) is 95.6 Å². The highest BCUT2D eigenvalue weighted by Crippen LogP contribution is 2.47. The molecule has 1 fully saturated rings. The zero-order chi connectivity index (χ0) is 30.3. The van der Waals surface area contributed by atoms with Crippen LogP contribution in [0, 0.1) is 5.92 Å². The van der Waals surface area contributed by atoms with Gasteiger partial charge in [-0.15, -0.1) is 0 Å². The maximum Gasteiger partial charge on any atom is 0.255 e. The first-order valence-corrected chi connectivity index (χ1v) is 17.5. The Balaban J connectivity index is 1.36. The van der Waals surface area contributed by atoms with Crippen molar-refractivity contribution < 1.29 is 23.5 Å². The van der Waals surface area contributed by atoms with E-state index in [4.69, 9.17) is 10.5 Å². The third-order valence-electron chi connectivity index (χ3n) is 8.11. The molecule has 1 aliphatic heterocycles. The molecule has 7 nitrogen and oxygen atoms in total. The van der Waals surface area contributed by atoms with E-state index < -0.39 is 14.5 Å². The molecule has 9 heteroatoms. The molecule has 42 heavy (non-hydrogen) atoms. The summed E-state index contributed by atoms with van der Waals surface area (Å²) in [5.74, 6) is -0.360. The predicted octanol–water partition coefficient (Wildman–Crippen LogP) is 5.81. The molecule has 0 radical (unpaired) electrons. The number of carbonyl (C=O) groups is 2. The van der Waals surface area contributed by atoms with Crippen molar-refractivity contribution in [2.75, 3.05) is 24.2 Å². The van der Waals surface area contributed by atoms with E-state index in [1.807, 2.05) is 61.5 Å². The lowest BCUT2D eigenvalue weighted by Crippen LogP contribution is -2.40. The normalized spacial score (nSPS) is 20.3. The van der Waals surface area contributed by atoms with Crippen LogP contribution in [0.5, 0.6) is 0 Å². The number of nitrogen functional groups attached to an aromatic ring is 1. The molecule has 2 amide bonds. The predicted molar refractivity (Wildman–Crippen MR) is 167 cm³/mol. The van der Waals surface area contributed by atoms with Crippen molar-refractivity contribution in [3.8, 4) is 0 Å². The number of aliphatic hydroxyl groups excluding tert-OH is 1. The number of nitrogens with zero attached hydrogens (tertiary/aromatic N) is 1. The van der Waals surface area contributed by atoms with Crippen LogP contribution in [0.3, 0.4) is 0 Å². The highest BCUT2D eigenvalue weighted by Gasteiger charge is 2.51. The lowest BCUT2D eigenvalue weighted by atomic mass is 9.95. The van der Waals surface area contributed by atoms with Crippen LogP contribution in [0.15, 0.2) is 78.9 Å². The van der Waals surface area contributed by atoms with Crippen molar-refractivity contribution >= 4 is 31.6 Å². The molecule has 4 atom stereocenters. The van der Waals surface area contributed by atoms with Gasteiger partial charge in [-0.2, -0.15) is 0 Å². The summed E-state index contributed by atoms with van der Waals surface area (Å²) in [6.07, 6.45) is 0.871. The molecule has 0 saturated carbocycles. The first-order valence-electron chi connectivity index (χ1n) is 14.6. The summed E-state index contributed by atoms with van der Waals surface area (Å²) in [4.78, 5) is 27.5. The summed E-state index contributed by atoms with van der Waals surface area (Å²) in [6.45, 7) is 5.91. The van der Waals surface area contributed by atoms with E-state index in [9.17, 15) is 14.7 Å². The number of halogens is 1. The molecule has 1 aliphatic rings. The van der Waals surface area contributed by atoms with Crippen LogP contribution in [0.4, 0.5) is 15.5 Å². The van der Waals surface area contributed by atoms with Gasteiger partial charge in [-0.25, -0.2) is 0 Å². The number of hydrogen-bond donors (Lipinski definition) is 3. The molecule has 0 bridgehead atoms. The number of benzene rings is 3. The molecular weight excluding hydrogens is 549 g/mol. The molecule has 4 rings (SSSR count). The van der Waals surface area contributed by atoms with Gasteiger partial charge in [-0.05, 0) is 79.4 Å². The standard InChI is InChI=1S/C33H42FN3O4Si/c1-23-29(18-11-24-9-16-28(17-10-24)36-33(40)26-12-14-27(35)15-13-26)41-30(32(23)42(2,3)34)21-31(39)37(19-20-38)22-25-7-5-4-6-8-25/h4-10,12-17,23,29-30,32,38H,11,18-22,35H2,1-3H3,(H,36,40)/t23-,29+,30-,32+/m1/s1. The average Bonchev–Trinajstić information content (AvgIpc) is 3.28. The summed E-state index contributed by atoms with van der Waals surface area (Å²) < 4.78 is 22.1. The van der Waals surface area contributed by atoms with Crippen molar-refractivity contribution in [1.82, 2.24) is 4.90 Å². The van der Waals surface area contributed by atoms with E-state index in [0.29, 0.717) is 29.9 Å². The van der Waals surface area contributed by atoms with E-state index in [-0.39, 0.29) is 48.9 Å². The Morgan fingerprint density at radius 3 is 2.26 bits per heavy atom. The summed E-state index contributed by atoms with van der Waals surface area (Å²) in [5.41, 5.74) is 9.29. The van der Waals surface area contributed by atoms with Crippen LogP contribution in [0.2, 0.25) is 18.6 Å².